The summed E-state index contributed by atoms with van der Waals surface area (Å²) in [6.07, 6.45) is 1.91. The number of nitrogens with zero attached hydrogens (tertiary/aromatic N) is 1. The Labute approximate surface area is 112 Å². The monoisotopic (exact) mass is 268 g/mol. The normalized spacial score (nSPS) is 10.3. The Morgan fingerprint density at radius 1 is 1.32 bits per heavy atom. The molecule has 0 atom stereocenters. The van der Waals surface area contributed by atoms with Crippen molar-refractivity contribution >= 4 is 11.9 Å². The molecule has 0 saturated carbocycles. The lowest BCUT2D eigenvalue weighted by Gasteiger charge is -2.04. The summed E-state index contributed by atoms with van der Waals surface area (Å²) in [5.74, 6) is 0.464. The molecule has 19 heavy (non-hydrogen) atoms. The second kappa shape index (κ2) is 7.56. The Morgan fingerprint density at radius 3 is 2.63 bits per heavy atom. The van der Waals surface area contributed by atoms with Gasteiger partial charge >= 0.3 is 5.97 Å². The standard InChI is InChI=1S/C13H20N2O4/c1-9-11(10(2)19-15-9)6-7-12(16)14-8-4-5-13(17)18-3/h4-8H2,1-3H3,(H,14,16). The van der Waals surface area contributed by atoms with Crippen molar-refractivity contribution in [2.45, 2.75) is 39.5 Å². The summed E-state index contributed by atoms with van der Waals surface area (Å²) in [4.78, 5) is 22.5. The quantitative estimate of drug-likeness (QED) is 0.595. The summed E-state index contributed by atoms with van der Waals surface area (Å²) >= 11 is 0. The maximum absolute atomic E-state index is 11.6. The fourth-order valence-corrected chi connectivity index (χ4v) is 1.75. The molecule has 0 aromatic carbocycles. The van der Waals surface area contributed by atoms with Gasteiger partial charge in [-0.15, -0.1) is 0 Å². The van der Waals surface area contributed by atoms with Crippen molar-refractivity contribution in [1.29, 1.82) is 0 Å². The predicted octanol–water partition coefficient (Wildman–Crippen LogP) is 1.29. The highest BCUT2D eigenvalue weighted by Gasteiger charge is 2.10. The first-order valence-corrected chi connectivity index (χ1v) is 6.30. The first-order valence-electron chi connectivity index (χ1n) is 6.30. The van der Waals surface area contributed by atoms with Crippen LogP contribution in [0.4, 0.5) is 0 Å². The molecular formula is C13H20N2O4. The SMILES string of the molecule is COC(=O)CCCNC(=O)CCc1c(C)noc1C. The van der Waals surface area contributed by atoms with Crippen LogP contribution in [0.1, 0.15) is 36.3 Å². The number of ether oxygens (including phenoxy) is 1. The fourth-order valence-electron chi connectivity index (χ4n) is 1.75. The van der Waals surface area contributed by atoms with E-state index in [-0.39, 0.29) is 11.9 Å². The van der Waals surface area contributed by atoms with Crippen LogP contribution in [0.2, 0.25) is 0 Å². The van der Waals surface area contributed by atoms with Crippen molar-refractivity contribution in [1.82, 2.24) is 10.5 Å². The maximum Gasteiger partial charge on any atom is 0.305 e. The van der Waals surface area contributed by atoms with Crippen molar-refractivity contribution < 1.29 is 18.8 Å². The van der Waals surface area contributed by atoms with Crippen LogP contribution < -0.4 is 5.32 Å². The molecule has 0 unspecified atom stereocenters. The van der Waals surface area contributed by atoms with E-state index in [0.29, 0.717) is 32.2 Å². The molecule has 1 N–H and O–H groups in total. The Bertz CT molecular complexity index is 420. The largest absolute Gasteiger partial charge is 0.469 e. The zero-order valence-corrected chi connectivity index (χ0v) is 11.6. The number of hydrogen-bond donors (Lipinski definition) is 1. The highest BCUT2D eigenvalue weighted by molar-refractivity contribution is 5.76. The van der Waals surface area contributed by atoms with Gasteiger partial charge in [-0.1, -0.05) is 5.16 Å². The molecule has 1 heterocycles. The topological polar surface area (TPSA) is 81.4 Å². The first kappa shape index (κ1) is 15.2. The van der Waals surface area contributed by atoms with E-state index in [1.54, 1.807) is 0 Å². The molecule has 0 spiro atoms. The molecule has 0 bridgehead atoms. The molecule has 0 fully saturated rings. The van der Waals surface area contributed by atoms with E-state index in [4.69, 9.17) is 4.52 Å². The fraction of sp³-hybridized carbons (Fsp3) is 0.615. The summed E-state index contributed by atoms with van der Waals surface area (Å²) in [6, 6.07) is 0. The molecule has 0 radical (unpaired) electrons. The van der Waals surface area contributed by atoms with Gasteiger partial charge < -0.3 is 14.6 Å². The van der Waals surface area contributed by atoms with Gasteiger partial charge in [-0.05, 0) is 26.7 Å². The lowest BCUT2D eigenvalue weighted by Crippen LogP contribution is -2.25. The van der Waals surface area contributed by atoms with E-state index in [1.807, 2.05) is 13.8 Å². The van der Waals surface area contributed by atoms with Crippen molar-refractivity contribution in [3.8, 4) is 0 Å². The van der Waals surface area contributed by atoms with Crippen LogP contribution in [0, 0.1) is 13.8 Å². The molecular weight excluding hydrogens is 248 g/mol. The van der Waals surface area contributed by atoms with Gasteiger partial charge in [-0.3, -0.25) is 9.59 Å². The smallest absolute Gasteiger partial charge is 0.305 e. The van der Waals surface area contributed by atoms with E-state index >= 15 is 0 Å². The van der Waals surface area contributed by atoms with E-state index < -0.39 is 0 Å². The van der Waals surface area contributed by atoms with Crippen LogP contribution in [0.5, 0.6) is 0 Å². The Morgan fingerprint density at radius 2 is 2.05 bits per heavy atom. The van der Waals surface area contributed by atoms with Crippen molar-refractivity contribution in [2.75, 3.05) is 13.7 Å². The highest BCUT2D eigenvalue weighted by Crippen LogP contribution is 2.14. The Hall–Kier alpha value is -1.85. The molecule has 1 aromatic heterocycles. The van der Waals surface area contributed by atoms with Gasteiger partial charge in [-0.2, -0.15) is 0 Å². The van der Waals surface area contributed by atoms with E-state index in [1.165, 1.54) is 7.11 Å². The molecule has 1 aromatic rings. The zero-order chi connectivity index (χ0) is 14.3. The summed E-state index contributed by atoms with van der Waals surface area (Å²) < 4.78 is 9.54. The minimum Gasteiger partial charge on any atom is -0.469 e. The lowest BCUT2D eigenvalue weighted by atomic mass is 10.1. The first-order chi connectivity index (χ1) is 9.04. The number of amides is 1. The molecule has 0 aliphatic rings. The van der Waals surface area contributed by atoms with Gasteiger partial charge in [0.15, 0.2) is 0 Å². The van der Waals surface area contributed by atoms with Gasteiger partial charge in [0.2, 0.25) is 5.91 Å². The molecule has 6 heteroatoms. The number of carbonyl (C=O) groups is 2. The van der Waals surface area contributed by atoms with Gasteiger partial charge in [0.05, 0.1) is 12.8 Å². The molecule has 0 saturated heterocycles. The molecule has 106 valence electrons. The Kier molecular flexibility index (Phi) is 6.05. The summed E-state index contributed by atoms with van der Waals surface area (Å²) in [7, 11) is 1.35. The average molecular weight is 268 g/mol. The molecule has 0 aliphatic carbocycles. The summed E-state index contributed by atoms with van der Waals surface area (Å²) in [5, 5.41) is 6.61. The lowest BCUT2D eigenvalue weighted by molar-refractivity contribution is -0.140. The molecule has 0 aliphatic heterocycles. The van der Waals surface area contributed by atoms with E-state index in [9.17, 15) is 9.59 Å². The summed E-state index contributed by atoms with van der Waals surface area (Å²) in [6.45, 7) is 4.18. The third-order valence-electron chi connectivity index (χ3n) is 2.89. The van der Waals surface area contributed by atoms with Crippen LogP contribution >= 0.6 is 0 Å². The van der Waals surface area contributed by atoms with Gasteiger partial charge in [-0.25, -0.2) is 0 Å². The van der Waals surface area contributed by atoms with Crippen molar-refractivity contribution in [3.63, 3.8) is 0 Å². The van der Waals surface area contributed by atoms with Crippen LogP contribution in [0.3, 0.4) is 0 Å². The van der Waals surface area contributed by atoms with Gasteiger partial charge in [0.25, 0.3) is 0 Å². The van der Waals surface area contributed by atoms with Crippen LogP contribution in [-0.4, -0.2) is 30.7 Å². The van der Waals surface area contributed by atoms with Crippen LogP contribution in [-0.2, 0) is 20.7 Å². The molecule has 6 nitrogen and oxygen atoms in total. The number of methoxy groups -OCH3 is 1. The number of hydrogen-bond acceptors (Lipinski definition) is 5. The number of aryl methyl sites for hydroxylation is 2. The van der Waals surface area contributed by atoms with Crippen LogP contribution in [0.15, 0.2) is 4.52 Å². The third kappa shape index (κ3) is 5.11. The highest BCUT2D eigenvalue weighted by atomic mass is 16.5. The predicted molar refractivity (Wildman–Crippen MR) is 68.6 cm³/mol. The van der Waals surface area contributed by atoms with E-state index in [2.05, 4.69) is 15.2 Å². The average Bonchev–Trinajstić information content (AvgIpc) is 2.71. The summed E-state index contributed by atoms with van der Waals surface area (Å²) in [5.41, 5.74) is 1.82. The number of nitrogens with one attached hydrogen (secondary N) is 1. The van der Waals surface area contributed by atoms with E-state index in [0.717, 1.165) is 17.0 Å². The second-order valence-electron chi connectivity index (χ2n) is 4.33. The van der Waals surface area contributed by atoms with Crippen molar-refractivity contribution in [2.24, 2.45) is 0 Å². The van der Waals surface area contributed by atoms with Crippen LogP contribution in [0.25, 0.3) is 0 Å². The third-order valence-corrected chi connectivity index (χ3v) is 2.89. The zero-order valence-electron chi connectivity index (χ0n) is 11.6. The molecule has 1 amide bonds. The number of aromatic nitrogens is 1. The van der Waals surface area contributed by atoms with Crippen molar-refractivity contribution in [3.05, 3.63) is 17.0 Å². The number of esters is 1. The Balaban J connectivity index is 2.20. The minimum atomic E-state index is -0.259. The minimum absolute atomic E-state index is 0.0372. The number of rotatable bonds is 7. The second-order valence-corrected chi connectivity index (χ2v) is 4.33. The van der Waals surface area contributed by atoms with Gasteiger partial charge in [0, 0.05) is 24.9 Å². The number of carbonyl (C=O) groups excluding carboxylic acids is 2. The molecule has 1 rings (SSSR count). The maximum atomic E-state index is 11.6. The van der Waals surface area contributed by atoms with Gasteiger partial charge in [0.1, 0.15) is 5.76 Å².